The maximum absolute atomic E-state index is 13.0. The highest BCUT2D eigenvalue weighted by Gasteiger charge is 2.12. The molecule has 1 amide bonds. The lowest BCUT2D eigenvalue weighted by molar-refractivity contribution is -0.121. The fourth-order valence-electron chi connectivity index (χ4n) is 2.17. The van der Waals surface area contributed by atoms with Gasteiger partial charge in [0.25, 0.3) is 0 Å². The third-order valence-electron chi connectivity index (χ3n) is 3.22. The van der Waals surface area contributed by atoms with Crippen LogP contribution in [0.15, 0.2) is 30.5 Å². The molecule has 0 aliphatic carbocycles. The molecule has 1 aromatic carbocycles. The summed E-state index contributed by atoms with van der Waals surface area (Å²) in [5, 5.41) is 7.27. The van der Waals surface area contributed by atoms with Crippen molar-refractivity contribution in [2.24, 2.45) is 7.05 Å². The summed E-state index contributed by atoms with van der Waals surface area (Å²) < 4.78 is 14.7. The fraction of sp³-hybridized carbons (Fsp3) is 0.375. The summed E-state index contributed by atoms with van der Waals surface area (Å²) in [4.78, 5) is 11.7. The number of aryl methyl sites for hydroxylation is 2. The van der Waals surface area contributed by atoms with Gasteiger partial charge in [-0.15, -0.1) is 0 Å². The van der Waals surface area contributed by atoms with Gasteiger partial charge in [-0.3, -0.25) is 9.48 Å². The largest absolute Gasteiger partial charge is 0.356 e. The SMILES string of the molecule is CCCNC(=O)CCc1cn(C)nc1-c1ccc(F)cc1. The van der Waals surface area contributed by atoms with Crippen LogP contribution >= 0.6 is 0 Å². The van der Waals surface area contributed by atoms with E-state index in [-0.39, 0.29) is 11.7 Å². The average Bonchev–Trinajstić information content (AvgIpc) is 2.84. The summed E-state index contributed by atoms with van der Waals surface area (Å²) in [6, 6.07) is 6.25. The molecule has 1 aromatic heterocycles. The number of rotatable bonds is 6. The normalized spacial score (nSPS) is 10.6. The first-order chi connectivity index (χ1) is 10.1. The number of benzene rings is 1. The Labute approximate surface area is 124 Å². The minimum Gasteiger partial charge on any atom is -0.356 e. The van der Waals surface area contributed by atoms with Crippen molar-refractivity contribution in [3.63, 3.8) is 0 Å². The highest BCUT2D eigenvalue weighted by Crippen LogP contribution is 2.23. The second-order valence-corrected chi connectivity index (χ2v) is 5.03. The van der Waals surface area contributed by atoms with Crippen LogP contribution in [-0.2, 0) is 18.3 Å². The Morgan fingerprint density at radius 2 is 2.05 bits per heavy atom. The van der Waals surface area contributed by atoms with Crippen LogP contribution in [0.1, 0.15) is 25.3 Å². The van der Waals surface area contributed by atoms with Crippen LogP contribution in [-0.4, -0.2) is 22.2 Å². The second kappa shape index (κ2) is 7.02. The van der Waals surface area contributed by atoms with Gasteiger partial charge in [-0.25, -0.2) is 4.39 Å². The second-order valence-electron chi connectivity index (χ2n) is 5.03. The molecular formula is C16H20FN3O. The number of halogens is 1. The van der Waals surface area contributed by atoms with Gasteiger partial charge in [-0.2, -0.15) is 5.10 Å². The molecule has 2 rings (SSSR count). The molecule has 0 spiro atoms. The quantitative estimate of drug-likeness (QED) is 0.888. The van der Waals surface area contributed by atoms with Crippen molar-refractivity contribution in [1.29, 1.82) is 0 Å². The first kappa shape index (κ1) is 15.2. The minimum atomic E-state index is -0.268. The van der Waals surface area contributed by atoms with Crippen molar-refractivity contribution in [3.05, 3.63) is 41.8 Å². The lowest BCUT2D eigenvalue weighted by atomic mass is 10.0. The summed E-state index contributed by atoms with van der Waals surface area (Å²) in [7, 11) is 1.84. The summed E-state index contributed by atoms with van der Waals surface area (Å²) in [5.41, 5.74) is 2.66. The number of nitrogens with one attached hydrogen (secondary N) is 1. The number of carbonyl (C=O) groups is 1. The first-order valence-corrected chi connectivity index (χ1v) is 7.15. The van der Waals surface area contributed by atoms with Gasteiger partial charge in [-0.05, 0) is 42.7 Å². The monoisotopic (exact) mass is 289 g/mol. The molecule has 1 N–H and O–H groups in total. The van der Waals surface area contributed by atoms with E-state index >= 15 is 0 Å². The number of hydrogen-bond donors (Lipinski definition) is 1. The topological polar surface area (TPSA) is 46.9 Å². The van der Waals surface area contributed by atoms with Crippen LogP contribution in [0.25, 0.3) is 11.3 Å². The maximum atomic E-state index is 13.0. The predicted molar refractivity (Wildman–Crippen MR) is 80.2 cm³/mol. The van der Waals surface area contributed by atoms with Crippen molar-refractivity contribution in [3.8, 4) is 11.3 Å². The maximum Gasteiger partial charge on any atom is 0.220 e. The number of amides is 1. The molecule has 0 saturated carbocycles. The number of aromatic nitrogens is 2. The highest BCUT2D eigenvalue weighted by molar-refractivity contribution is 5.76. The molecule has 5 heteroatoms. The van der Waals surface area contributed by atoms with E-state index in [4.69, 9.17) is 0 Å². The van der Waals surface area contributed by atoms with Crippen LogP contribution in [0.5, 0.6) is 0 Å². The van der Waals surface area contributed by atoms with Crippen LogP contribution in [0, 0.1) is 5.82 Å². The van der Waals surface area contributed by atoms with Crippen LogP contribution in [0.4, 0.5) is 4.39 Å². The van der Waals surface area contributed by atoms with Crippen molar-refractivity contribution < 1.29 is 9.18 Å². The minimum absolute atomic E-state index is 0.0470. The van der Waals surface area contributed by atoms with Gasteiger partial charge in [-0.1, -0.05) is 6.92 Å². The van der Waals surface area contributed by atoms with E-state index in [9.17, 15) is 9.18 Å². The first-order valence-electron chi connectivity index (χ1n) is 7.15. The molecule has 0 fully saturated rings. The summed E-state index contributed by atoms with van der Waals surface area (Å²) >= 11 is 0. The molecule has 0 radical (unpaired) electrons. The van der Waals surface area contributed by atoms with E-state index < -0.39 is 0 Å². The predicted octanol–water partition coefficient (Wildman–Crippen LogP) is 2.69. The Morgan fingerprint density at radius 3 is 2.71 bits per heavy atom. The van der Waals surface area contributed by atoms with Gasteiger partial charge in [0.05, 0.1) is 5.69 Å². The molecular weight excluding hydrogens is 269 g/mol. The summed E-state index contributed by atoms with van der Waals surface area (Å²) in [5.74, 6) is -0.221. The number of carbonyl (C=O) groups excluding carboxylic acids is 1. The summed E-state index contributed by atoms with van der Waals surface area (Å²) in [6.45, 7) is 2.73. The van der Waals surface area contributed by atoms with Crippen LogP contribution in [0.2, 0.25) is 0 Å². The molecule has 2 aromatic rings. The van der Waals surface area contributed by atoms with E-state index in [2.05, 4.69) is 10.4 Å². The molecule has 1 heterocycles. The van der Waals surface area contributed by atoms with E-state index in [1.807, 2.05) is 20.2 Å². The van der Waals surface area contributed by atoms with E-state index in [0.717, 1.165) is 23.2 Å². The number of nitrogens with zero attached hydrogens (tertiary/aromatic N) is 2. The molecule has 0 unspecified atom stereocenters. The Morgan fingerprint density at radius 1 is 1.33 bits per heavy atom. The average molecular weight is 289 g/mol. The fourth-order valence-corrected chi connectivity index (χ4v) is 2.17. The Kier molecular flexibility index (Phi) is 5.09. The molecule has 112 valence electrons. The standard InChI is InChI=1S/C16H20FN3O/c1-3-10-18-15(21)9-6-13-11-20(2)19-16(13)12-4-7-14(17)8-5-12/h4-5,7-8,11H,3,6,9-10H2,1-2H3,(H,18,21). The third-order valence-corrected chi connectivity index (χ3v) is 3.22. The van der Waals surface area contributed by atoms with Gasteiger partial charge >= 0.3 is 0 Å². The molecule has 0 aliphatic rings. The van der Waals surface area contributed by atoms with Crippen molar-refractivity contribution in [1.82, 2.24) is 15.1 Å². The zero-order chi connectivity index (χ0) is 15.2. The molecule has 21 heavy (non-hydrogen) atoms. The van der Waals surface area contributed by atoms with Crippen LogP contribution in [0.3, 0.4) is 0 Å². The molecule has 4 nitrogen and oxygen atoms in total. The Hall–Kier alpha value is -2.17. The zero-order valence-corrected chi connectivity index (χ0v) is 12.4. The third kappa shape index (κ3) is 4.15. The lowest BCUT2D eigenvalue weighted by Gasteiger charge is -2.04. The van der Waals surface area contributed by atoms with Crippen molar-refractivity contribution in [2.75, 3.05) is 6.54 Å². The lowest BCUT2D eigenvalue weighted by Crippen LogP contribution is -2.24. The number of hydrogen-bond acceptors (Lipinski definition) is 2. The Balaban J connectivity index is 2.10. The van der Waals surface area contributed by atoms with Crippen molar-refractivity contribution in [2.45, 2.75) is 26.2 Å². The molecule has 0 bridgehead atoms. The Bertz CT molecular complexity index is 604. The van der Waals surface area contributed by atoms with Crippen molar-refractivity contribution >= 4 is 5.91 Å². The van der Waals surface area contributed by atoms with Gasteiger partial charge in [0.1, 0.15) is 5.82 Å². The van der Waals surface area contributed by atoms with Gasteiger partial charge in [0, 0.05) is 31.8 Å². The van der Waals surface area contributed by atoms with Gasteiger partial charge in [0.2, 0.25) is 5.91 Å². The zero-order valence-electron chi connectivity index (χ0n) is 12.4. The molecule has 0 aliphatic heterocycles. The smallest absolute Gasteiger partial charge is 0.220 e. The van der Waals surface area contributed by atoms with E-state index in [0.29, 0.717) is 19.4 Å². The molecule has 0 atom stereocenters. The van der Waals surface area contributed by atoms with Gasteiger partial charge in [0.15, 0.2) is 0 Å². The molecule has 0 saturated heterocycles. The van der Waals surface area contributed by atoms with Crippen LogP contribution < -0.4 is 5.32 Å². The highest BCUT2D eigenvalue weighted by atomic mass is 19.1. The van der Waals surface area contributed by atoms with Gasteiger partial charge < -0.3 is 5.32 Å². The van der Waals surface area contributed by atoms with E-state index in [1.165, 1.54) is 12.1 Å². The van der Waals surface area contributed by atoms with E-state index in [1.54, 1.807) is 16.8 Å². The summed E-state index contributed by atoms with van der Waals surface area (Å²) in [6.07, 6.45) is 3.89.